The van der Waals surface area contributed by atoms with Crippen molar-refractivity contribution in [3.63, 3.8) is 0 Å². The normalized spacial score (nSPS) is 18.8. The van der Waals surface area contributed by atoms with Crippen LogP contribution in [0.2, 0.25) is 0 Å². The number of benzene rings is 1. The van der Waals surface area contributed by atoms with E-state index in [9.17, 15) is 19.2 Å². The number of carbonyl (C=O) groups is 4. The molecule has 1 aromatic rings. The van der Waals surface area contributed by atoms with Crippen LogP contribution in [0.25, 0.3) is 0 Å². The number of rotatable bonds is 20. The Bertz CT molecular complexity index is 1280. The molecule has 1 aliphatic heterocycles. The Balaban J connectivity index is 2.24. The lowest BCUT2D eigenvalue weighted by atomic mass is 9.89. The lowest BCUT2D eigenvalue weighted by Crippen LogP contribution is -2.59. The Labute approximate surface area is 314 Å². The number of likely N-dealkylation sites (N-methyl/N-ethyl adjacent to an activating group) is 3. The quantitative estimate of drug-likeness (QED) is 0.193. The van der Waals surface area contributed by atoms with Crippen molar-refractivity contribution in [3.8, 4) is 0 Å². The summed E-state index contributed by atoms with van der Waals surface area (Å²) in [7, 11) is 10.5. The number of likely N-dealkylation sites (tertiary alicyclic amines) is 1. The molecule has 1 saturated heterocycles. The number of hydrogen-bond donors (Lipinski definition) is 2. The predicted molar refractivity (Wildman–Crippen MR) is 207 cm³/mol. The van der Waals surface area contributed by atoms with Gasteiger partial charge < -0.3 is 35.2 Å². The van der Waals surface area contributed by atoms with E-state index >= 15 is 0 Å². The van der Waals surface area contributed by atoms with Crippen LogP contribution in [0.3, 0.4) is 0 Å². The lowest BCUT2D eigenvalue weighted by Gasteiger charge is -2.41. The van der Waals surface area contributed by atoms with Crippen LogP contribution >= 0.6 is 0 Å². The summed E-state index contributed by atoms with van der Waals surface area (Å²) in [5.74, 6) is -1.10. The smallest absolute Gasteiger partial charge is 0.245 e. The molecule has 0 spiro atoms. The van der Waals surface area contributed by atoms with Gasteiger partial charge in [0, 0.05) is 47.1 Å². The zero-order chi connectivity index (χ0) is 39.4. The molecule has 0 aliphatic carbocycles. The molecule has 0 unspecified atom stereocenters. The van der Waals surface area contributed by atoms with Gasteiger partial charge in [-0.25, -0.2) is 0 Å². The number of nitrogens with one attached hydrogen (secondary N) is 1. The SMILES string of the molecule is CC[C@H](C)[C@@H]([C@@H](CC(=O)N1CCC[C@H]1[C@H](OC)[C@@H](C)C(=O)N(C)CCc1ccc(N)cc1)OC)N(C)C(=O)[C@@H](NC(=O)[C@H](C(C)C)N(C)C)C(C)C. The Morgan fingerprint density at radius 2 is 1.54 bits per heavy atom. The van der Waals surface area contributed by atoms with Crippen molar-refractivity contribution in [1.29, 1.82) is 0 Å². The van der Waals surface area contributed by atoms with Gasteiger partial charge in [-0.2, -0.15) is 0 Å². The number of nitrogen functional groups attached to an aromatic ring is 1. The van der Waals surface area contributed by atoms with Gasteiger partial charge in [-0.15, -0.1) is 0 Å². The number of nitrogens with zero attached hydrogens (tertiary/aromatic N) is 4. The van der Waals surface area contributed by atoms with Gasteiger partial charge in [0.05, 0.1) is 42.7 Å². The maximum Gasteiger partial charge on any atom is 0.245 e. The highest BCUT2D eigenvalue weighted by atomic mass is 16.5. The average molecular weight is 731 g/mol. The highest BCUT2D eigenvalue weighted by molar-refractivity contribution is 5.90. The van der Waals surface area contributed by atoms with E-state index in [0.717, 1.165) is 24.8 Å². The van der Waals surface area contributed by atoms with Crippen LogP contribution < -0.4 is 11.1 Å². The standard InChI is InChI=1S/C40H70N6O6/c1-14-27(6)36(45(11)40(50)34(25(2)3)42-38(48)35(26(4)5)43(8)9)32(51-12)24-33(47)46-22-15-16-31(46)37(52-13)28(7)39(49)44(10)23-21-29-17-19-30(41)20-18-29/h17-20,25-28,31-32,34-37H,14-16,21-24,41H2,1-13H3,(H,42,48)/t27-,28+,31-,32+,34-,35-,36-,37+/m0/s1. The molecule has 8 atom stereocenters. The van der Waals surface area contributed by atoms with E-state index in [2.05, 4.69) is 19.2 Å². The van der Waals surface area contributed by atoms with Gasteiger partial charge in [0.1, 0.15) is 6.04 Å². The highest BCUT2D eigenvalue weighted by Gasteiger charge is 2.43. The Kier molecular flexibility index (Phi) is 18.0. The summed E-state index contributed by atoms with van der Waals surface area (Å²) in [6.07, 6.45) is 1.97. The minimum atomic E-state index is -0.743. The molecule has 1 aliphatic rings. The molecule has 1 aromatic carbocycles. The summed E-state index contributed by atoms with van der Waals surface area (Å²) >= 11 is 0. The number of methoxy groups -OCH3 is 2. The largest absolute Gasteiger partial charge is 0.399 e. The van der Waals surface area contributed by atoms with E-state index in [1.54, 1.807) is 38.1 Å². The number of nitrogens with two attached hydrogens (primary N) is 1. The van der Waals surface area contributed by atoms with E-state index in [1.165, 1.54) is 0 Å². The molecule has 4 amide bonds. The van der Waals surface area contributed by atoms with Crippen LogP contribution in [-0.4, -0.2) is 135 Å². The maximum atomic E-state index is 14.2. The molecule has 2 rings (SSSR count). The Morgan fingerprint density at radius 1 is 0.923 bits per heavy atom. The Hall–Kier alpha value is -3.22. The summed E-state index contributed by atoms with van der Waals surface area (Å²) in [5.41, 5.74) is 7.62. The second kappa shape index (κ2) is 20.9. The molecule has 0 radical (unpaired) electrons. The van der Waals surface area contributed by atoms with Crippen molar-refractivity contribution in [2.24, 2.45) is 23.7 Å². The zero-order valence-electron chi connectivity index (χ0n) is 34.3. The van der Waals surface area contributed by atoms with Crippen molar-refractivity contribution in [2.75, 3.05) is 61.2 Å². The molecule has 296 valence electrons. The molecular weight excluding hydrogens is 660 g/mol. The first-order valence-corrected chi connectivity index (χ1v) is 19.1. The second-order valence-corrected chi connectivity index (χ2v) is 15.7. The molecular formula is C40H70N6O6. The second-order valence-electron chi connectivity index (χ2n) is 15.7. The molecule has 12 nitrogen and oxygen atoms in total. The summed E-state index contributed by atoms with van der Waals surface area (Å²) < 4.78 is 12.0. The highest BCUT2D eigenvalue weighted by Crippen LogP contribution is 2.30. The van der Waals surface area contributed by atoms with E-state index in [-0.39, 0.29) is 59.9 Å². The van der Waals surface area contributed by atoms with Crippen molar-refractivity contribution in [3.05, 3.63) is 29.8 Å². The number of ether oxygens (including phenoxy) is 2. The van der Waals surface area contributed by atoms with Gasteiger partial charge in [0.25, 0.3) is 0 Å². The zero-order valence-corrected chi connectivity index (χ0v) is 34.3. The van der Waals surface area contributed by atoms with Crippen molar-refractivity contribution in [1.82, 2.24) is 24.9 Å². The van der Waals surface area contributed by atoms with E-state index in [4.69, 9.17) is 15.2 Å². The molecule has 12 heteroatoms. The fourth-order valence-electron chi connectivity index (χ4n) is 7.84. The van der Waals surface area contributed by atoms with Gasteiger partial charge in [-0.1, -0.05) is 67.0 Å². The number of amides is 4. The number of carbonyl (C=O) groups excluding carboxylic acids is 4. The summed E-state index contributed by atoms with van der Waals surface area (Å²) in [6, 6.07) is 5.84. The molecule has 0 bridgehead atoms. The van der Waals surface area contributed by atoms with Crippen molar-refractivity contribution < 1.29 is 28.7 Å². The van der Waals surface area contributed by atoms with Gasteiger partial charge in [-0.05, 0) is 68.8 Å². The summed E-state index contributed by atoms with van der Waals surface area (Å²) in [4.78, 5) is 62.6. The van der Waals surface area contributed by atoms with Crippen LogP contribution in [0.15, 0.2) is 24.3 Å². The van der Waals surface area contributed by atoms with Crippen LogP contribution in [0, 0.1) is 23.7 Å². The minimum absolute atomic E-state index is 0.00271. The van der Waals surface area contributed by atoms with Crippen molar-refractivity contribution in [2.45, 2.75) is 117 Å². The first-order valence-electron chi connectivity index (χ1n) is 19.1. The van der Waals surface area contributed by atoms with Crippen LogP contribution in [0.4, 0.5) is 5.69 Å². The van der Waals surface area contributed by atoms with Crippen LogP contribution in [0.1, 0.15) is 79.7 Å². The molecule has 0 aromatic heterocycles. The van der Waals surface area contributed by atoms with Gasteiger partial charge >= 0.3 is 0 Å². The molecule has 1 heterocycles. The molecule has 3 N–H and O–H groups in total. The summed E-state index contributed by atoms with van der Waals surface area (Å²) in [5, 5.41) is 3.05. The third-order valence-corrected chi connectivity index (χ3v) is 11.0. The maximum absolute atomic E-state index is 14.2. The van der Waals surface area contributed by atoms with Gasteiger partial charge in [0.15, 0.2) is 0 Å². The first kappa shape index (κ1) is 44.9. The lowest BCUT2D eigenvalue weighted by molar-refractivity contribution is -0.149. The summed E-state index contributed by atoms with van der Waals surface area (Å²) in [6.45, 7) is 14.9. The minimum Gasteiger partial charge on any atom is -0.399 e. The van der Waals surface area contributed by atoms with Crippen LogP contribution in [0.5, 0.6) is 0 Å². The third-order valence-electron chi connectivity index (χ3n) is 11.0. The Morgan fingerprint density at radius 3 is 2.04 bits per heavy atom. The fourth-order valence-corrected chi connectivity index (χ4v) is 7.84. The number of hydrogen-bond acceptors (Lipinski definition) is 8. The third kappa shape index (κ3) is 11.6. The average Bonchev–Trinajstić information content (AvgIpc) is 3.58. The molecule has 0 saturated carbocycles. The molecule has 52 heavy (non-hydrogen) atoms. The topological polar surface area (TPSA) is 138 Å². The van der Waals surface area contributed by atoms with E-state index in [0.29, 0.717) is 25.2 Å². The fraction of sp³-hybridized carbons (Fsp3) is 0.750. The van der Waals surface area contributed by atoms with E-state index < -0.39 is 30.2 Å². The monoisotopic (exact) mass is 731 g/mol. The van der Waals surface area contributed by atoms with Crippen LogP contribution in [-0.2, 0) is 35.1 Å². The van der Waals surface area contributed by atoms with E-state index in [1.807, 2.05) is 82.8 Å². The van der Waals surface area contributed by atoms with Gasteiger partial charge in [0.2, 0.25) is 23.6 Å². The number of anilines is 1. The first-order chi connectivity index (χ1) is 24.4. The van der Waals surface area contributed by atoms with Crippen molar-refractivity contribution >= 4 is 29.3 Å². The predicted octanol–water partition coefficient (Wildman–Crippen LogP) is 3.92. The van der Waals surface area contributed by atoms with Gasteiger partial charge in [-0.3, -0.25) is 24.1 Å². The molecule has 1 fully saturated rings.